The third-order valence-corrected chi connectivity index (χ3v) is 6.90. The third kappa shape index (κ3) is 8.14. The molecule has 0 bridgehead atoms. The molecule has 0 fully saturated rings. The van der Waals surface area contributed by atoms with Crippen molar-refractivity contribution in [3.8, 4) is 11.5 Å². The Morgan fingerprint density at radius 2 is 1.53 bits per heavy atom. The fourth-order valence-electron chi connectivity index (χ4n) is 3.78. The summed E-state index contributed by atoms with van der Waals surface area (Å²) >= 11 is 1.61. The number of para-hydroxylation sites is 1. The molecule has 3 aromatic rings. The van der Waals surface area contributed by atoms with Crippen LogP contribution >= 0.6 is 11.8 Å². The second-order valence-corrected chi connectivity index (χ2v) is 9.59. The van der Waals surface area contributed by atoms with Gasteiger partial charge in [0, 0.05) is 6.42 Å². The number of hydrogen-bond acceptors (Lipinski definition) is 5. The smallest absolute Gasteiger partial charge is 0.319 e. The Kier molecular flexibility index (Phi) is 10.4. The topological polar surface area (TPSA) is 55.8 Å². The second-order valence-electron chi connectivity index (χ2n) is 8.28. The molecule has 34 heavy (non-hydrogen) atoms. The molecule has 3 rings (SSSR count). The van der Waals surface area contributed by atoms with E-state index in [4.69, 9.17) is 9.47 Å². The van der Waals surface area contributed by atoms with Crippen molar-refractivity contribution >= 4 is 17.7 Å². The van der Waals surface area contributed by atoms with Gasteiger partial charge in [0.2, 0.25) is 0 Å². The van der Waals surface area contributed by atoms with Crippen molar-refractivity contribution in [3.05, 3.63) is 95.1 Å². The molecule has 0 saturated carbocycles. The number of phenolic OH excluding ortho intramolecular Hbond substituents is 1. The predicted molar refractivity (Wildman–Crippen MR) is 140 cm³/mol. The van der Waals surface area contributed by atoms with Crippen molar-refractivity contribution in [2.24, 2.45) is 0 Å². The molecule has 0 amide bonds. The van der Waals surface area contributed by atoms with E-state index < -0.39 is 0 Å². The molecular weight excluding hydrogens is 444 g/mol. The van der Waals surface area contributed by atoms with Crippen LogP contribution in [0.2, 0.25) is 0 Å². The largest absolute Gasteiger partial charge is 0.508 e. The van der Waals surface area contributed by atoms with Gasteiger partial charge in [-0.25, -0.2) is 0 Å². The SMILES string of the molecule is CCCc1ccccc1OCCc1ccc(CC(SCCc2ccc(O)cc2)C(=O)OC)cc1. The molecule has 0 saturated heterocycles. The highest BCUT2D eigenvalue weighted by Crippen LogP contribution is 2.22. The van der Waals surface area contributed by atoms with Gasteiger partial charge < -0.3 is 14.6 Å². The maximum absolute atomic E-state index is 12.3. The Morgan fingerprint density at radius 3 is 2.24 bits per heavy atom. The average Bonchev–Trinajstić information content (AvgIpc) is 2.86. The Hall–Kier alpha value is -2.92. The summed E-state index contributed by atoms with van der Waals surface area (Å²) in [7, 11) is 1.44. The Bertz CT molecular complexity index is 1020. The van der Waals surface area contributed by atoms with E-state index in [0.29, 0.717) is 13.0 Å². The van der Waals surface area contributed by atoms with Crippen molar-refractivity contribution in [1.82, 2.24) is 0 Å². The van der Waals surface area contributed by atoms with Gasteiger partial charge in [0.25, 0.3) is 0 Å². The number of ether oxygens (including phenoxy) is 2. The molecule has 0 heterocycles. The Balaban J connectivity index is 1.49. The Morgan fingerprint density at radius 1 is 0.882 bits per heavy atom. The monoisotopic (exact) mass is 478 g/mol. The molecule has 5 heteroatoms. The highest BCUT2D eigenvalue weighted by atomic mass is 32.2. The van der Waals surface area contributed by atoms with Gasteiger partial charge in [-0.05, 0) is 65.5 Å². The second kappa shape index (κ2) is 13.7. The van der Waals surface area contributed by atoms with Crippen LogP contribution in [0, 0.1) is 0 Å². The molecule has 0 spiro atoms. The fourth-order valence-corrected chi connectivity index (χ4v) is 4.96. The third-order valence-electron chi connectivity index (χ3n) is 5.69. The lowest BCUT2D eigenvalue weighted by Crippen LogP contribution is -2.22. The van der Waals surface area contributed by atoms with Gasteiger partial charge in [-0.2, -0.15) is 0 Å². The van der Waals surface area contributed by atoms with E-state index in [9.17, 15) is 9.90 Å². The summed E-state index contributed by atoms with van der Waals surface area (Å²) in [6.45, 7) is 2.81. The average molecular weight is 479 g/mol. The van der Waals surface area contributed by atoms with Crippen LogP contribution in [0.25, 0.3) is 0 Å². The molecule has 0 aliphatic heterocycles. The molecule has 1 atom stereocenters. The molecule has 0 aliphatic rings. The van der Waals surface area contributed by atoms with Crippen LogP contribution in [0.5, 0.6) is 11.5 Å². The minimum Gasteiger partial charge on any atom is -0.508 e. The summed E-state index contributed by atoms with van der Waals surface area (Å²) in [6, 6.07) is 23.9. The summed E-state index contributed by atoms with van der Waals surface area (Å²) in [4.78, 5) is 12.3. The van der Waals surface area contributed by atoms with Crippen LogP contribution < -0.4 is 4.74 Å². The van der Waals surface area contributed by atoms with E-state index in [1.807, 2.05) is 24.3 Å². The van der Waals surface area contributed by atoms with E-state index in [0.717, 1.165) is 48.3 Å². The normalized spacial score (nSPS) is 11.7. The zero-order chi connectivity index (χ0) is 24.2. The number of rotatable bonds is 13. The zero-order valence-corrected chi connectivity index (χ0v) is 20.9. The van der Waals surface area contributed by atoms with Crippen LogP contribution in [0.3, 0.4) is 0 Å². The Labute approximate surface area is 207 Å². The highest BCUT2D eigenvalue weighted by molar-refractivity contribution is 8.00. The lowest BCUT2D eigenvalue weighted by Gasteiger charge is -2.15. The maximum atomic E-state index is 12.3. The molecule has 0 aromatic heterocycles. The van der Waals surface area contributed by atoms with Crippen LogP contribution in [-0.4, -0.2) is 35.8 Å². The van der Waals surface area contributed by atoms with Gasteiger partial charge in [0.05, 0.1) is 13.7 Å². The number of aryl methyl sites for hydroxylation is 2. The minimum absolute atomic E-state index is 0.195. The lowest BCUT2D eigenvalue weighted by molar-refractivity contribution is -0.139. The van der Waals surface area contributed by atoms with Crippen LogP contribution in [-0.2, 0) is 35.2 Å². The van der Waals surface area contributed by atoms with E-state index in [2.05, 4.69) is 43.3 Å². The number of aromatic hydroxyl groups is 1. The number of hydrogen-bond donors (Lipinski definition) is 1. The van der Waals surface area contributed by atoms with Crippen molar-refractivity contribution in [3.63, 3.8) is 0 Å². The molecule has 3 aromatic carbocycles. The van der Waals surface area contributed by atoms with E-state index >= 15 is 0 Å². The standard InChI is InChI=1S/C29H34O4S/c1-3-6-25-7-4-5-8-27(25)33-19-17-22-9-11-24(12-10-22)21-28(29(31)32-2)34-20-18-23-13-15-26(30)16-14-23/h4-5,7-16,28,30H,3,6,17-21H2,1-2H3. The number of phenols is 1. The minimum atomic E-state index is -0.244. The first-order valence-corrected chi connectivity index (χ1v) is 12.9. The van der Waals surface area contributed by atoms with Crippen molar-refractivity contribution in [2.75, 3.05) is 19.5 Å². The molecule has 1 unspecified atom stereocenters. The van der Waals surface area contributed by atoms with E-state index in [1.54, 1.807) is 23.9 Å². The number of methoxy groups -OCH3 is 1. The van der Waals surface area contributed by atoms with Crippen LogP contribution in [0.4, 0.5) is 0 Å². The number of carbonyl (C=O) groups excluding carboxylic acids is 1. The lowest BCUT2D eigenvalue weighted by atomic mass is 10.1. The van der Waals surface area contributed by atoms with Crippen molar-refractivity contribution < 1.29 is 19.4 Å². The summed E-state index contributed by atoms with van der Waals surface area (Å²) < 4.78 is 11.1. The van der Waals surface area contributed by atoms with Gasteiger partial charge in [0.15, 0.2) is 0 Å². The predicted octanol–water partition coefficient (Wildman–Crippen LogP) is 6.03. The molecule has 180 valence electrons. The number of carbonyl (C=O) groups is 1. The van der Waals surface area contributed by atoms with Gasteiger partial charge in [-0.1, -0.05) is 67.9 Å². The molecule has 0 aliphatic carbocycles. The van der Waals surface area contributed by atoms with Crippen molar-refractivity contribution in [2.45, 2.75) is 44.3 Å². The molecule has 4 nitrogen and oxygen atoms in total. The quantitative estimate of drug-likeness (QED) is 0.304. The van der Waals surface area contributed by atoms with Crippen LogP contribution in [0.15, 0.2) is 72.8 Å². The summed E-state index contributed by atoms with van der Waals surface area (Å²) in [6.07, 6.45) is 4.43. The van der Waals surface area contributed by atoms with Gasteiger partial charge in [0.1, 0.15) is 16.7 Å². The number of benzene rings is 3. The first-order chi connectivity index (χ1) is 16.6. The van der Waals surface area contributed by atoms with Crippen molar-refractivity contribution in [1.29, 1.82) is 0 Å². The molecule has 0 radical (unpaired) electrons. The van der Waals surface area contributed by atoms with Gasteiger partial charge in [-0.3, -0.25) is 4.79 Å². The van der Waals surface area contributed by atoms with E-state index in [1.165, 1.54) is 18.2 Å². The summed E-state index contributed by atoms with van der Waals surface area (Å²) in [5.74, 6) is 1.85. The van der Waals surface area contributed by atoms with Gasteiger partial charge in [-0.15, -0.1) is 11.8 Å². The molecule has 1 N–H and O–H groups in total. The first kappa shape index (κ1) is 25.7. The fraction of sp³-hybridized carbons (Fsp3) is 0.345. The van der Waals surface area contributed by atoms with Gasteiger partial charge >= 0.3 is 5.97 Å². The number of esters is 1. The zero-order valence-electron chi connectivity index (χ0n) is 20.0. The van der Waals surface area contributed by atoms with E-state index in [-0.39, 0.29) is 17.0 Å². The van der Waals surface area contributed by atoms with Crippen LogP contribution in [0.1, 0.15) is 35.6 Å². The molecular formula is C29H34O4S. The highest BCUT2D eigenvalue weighted by Gasteiger charge is 2.20. The number of thioether (sulfide) groups is 1. The first-order valence-electron chi connectivity index (χ1n) is 11.8. The summed E-state index contributed by atoms with van der Waals surface area (Å²) in [5.41, 5.74) is 4.73. The summed E-state index contributed by atoms with van der Waals surface area (Å²) in [5, 5.41) is 9.17. The maximum Gasteiger partial charge on any atom is 0.319 e.